The Morgan fingerprint density at radius 1 is 1.00 bits per heavy atom. The van der Waals surface area contributed by atoms with Crippen LogP contribution in [0.15, 0.2) is 70.0 Å². The highest BCUT2D eigenvalue weighted by molar-refractivity contribution is 6.05. The molecule has 0 fully saturated rings. The molecule has 0 atom stereocenters. The molecule has 2 aromatic carbocycles. The van der Waals surface area contributed by atoms with Crippen LogP contribution in [0, 0.1) is 0 Å². The summed E-state index contributed by atoms with van der Waals surface area (Å²) in [5.41, 5.74) is 5.32. The number of benzene rings is 2. The zero-order chi connectivity index (χ0) is 21.8. The second-order valence-electron chi connectivity index (χ2n) is 6.81. The van der Waals surface area contributed by atoms with Crippen molar-refractivity contribution in [2.75, 3.05) is 0 Å². The zero-order valence-corrected chi connectivity index (χ0v) is 16.7. The van der Waals surface area contributed by atoms with E-state index in [2.05, 4.69) is 20.9 Å². The quantitative estimate of drug-likeness (QED) is 0.479. The van der Waals surface area contributed by atoms with E-state index in [1.807, 2.05) is 30.3 Å². The number of hydrogen-bond acceptors (Lipinski definition) is 6. The average Bonchev–Trinajstić information content (AvgIpc) is 3.28. The van der Waals surface area contributed by atoms with Crippen molar-refractivity contribution in [3.63, 3.8) is 0 Å². The van der Waals surface area contributed by atoms with Gasteiger partial charge in [-0.15, -0.1) is 0 Å². The predicted molar refractivity (Wildman–Crippen MR) is 113 cm³/mol. The molecule has 0 saturated carbocycles. The number of aryl methyl sites for hydroxylation is 2. The molecule has 4 rings (SSSR count). The van der Waals surface area contributed by atoms with Crippen molar-refractivity contribution in [2.45, 2.75) is 12.8 Å². The third kappa shape index (κ3) is 4.35. The summed E-state index contributed by atoms with van der Waals surface area (Å²) in [7, 11) is 1.46. The van der Waals surface area contributed by atoms with Gasteiger partial charge in [-0.3, -0.25) is 25.2 Å². The topological polar surface area (TPSA) is 119 Å². The molecule has 31 heavy (non-hydrogen) atoms. The number of hydrogen-bond donors (Lipinski definition) is 2. The van der Waals surface area contributed by atoms with E-state index in [9.17, 15) is 14.4 Å². The molecule has 9 heteroatoms. The molecular formula is C22H19N5O4. The van der Waals surface area contributed by atoms with Crippen molar-refractivity contribution in [3.8, 4) is 11.3 Å². The Bertz CT molecular complexity index is 1310. The molecule has 0 aliphatic carbocycles. The van der Waals surface area contributed by atoms with Gasteiger partial charge in [0.1, 0.15) is 0 Å². The highest BCUT2D eigenvalue weighted by atomic mass is 16.4. The van der Waals surface area contributed by atoms with Crippen molar-refractivity contribution >= 4 is 22.6 Å². The number of oxazole rings is 1. The van der Waals surface area contributed by atoms with Crippen LogP contribution in [0.5, 0.6) is 0 Å². The van der Waals surface area contributed by atoms with Crippen molar-refractivity contribution in [1.82, 2.24) is 25.6 Å². The van der Waals surface area contributed by atoms with E-state index in [0.717, 1.165) is 10.2 Å². The number of hydrazine groups is 1. The van der Waals surface area contributed by atoms with Crippen molar-refractivity contribution in [3.05, 3.63) is 82.7 Å². The van der Waals surface area contributed by atoms with Gasteiger partial charge in [0.25, 0.3) is 11.5 Å². The van der Waals surface area contributed by atoms with Crippen LogP contribution in [0.3, 0.4) is 0 Å². The van der Waals surface area contributed by atoms with E-state index in [-0.39, 0.29) is 24.1 Å². The first kappa shape index (κ1) is 20.0. The van der Waals surface area contributed by atoms with Crippen LogP contribution in [0.25, 0.3) is 22.1 Å². The minimum Gasteiger partial charge on any atom is -0.441 e. The number of nitrogens with zero attached hydrogens (tertiary/aromatic N) is 3. The molecule has 0 radical (unpaired) electrons. The van der Waals surface area contributed by atoms with Gasteiger partial charge in [0.15, 0.2) is 17.3 Å². The minimum atomic E-state index is -0.623. The SMILES string of the molecule is Cn1nc(C(=O)NNC(=O)CCc2ncc(-c3ccccc3)o2)c2ccccc2c1=O. The fourth-order valence-electron chi connectivity index (χ4n) is 3.10. The first-order valence-electron chi connectivity index (χ1n) is 9.58. The summed E-state index contributed by atoms with van der Waals surface area (Å²) in [4.78, 5) is 41.0. The summed E-state index contributed by atoms with van der Waals surface area (Å²) >= 11 is 0. The van der Waals surface area contributed by atoms with Crippen LogP contribution in [-0.2, 0) is 18.3 Å². The number of aromatic nitrogens is 3. The maximum absolute atomic E-state index is 12.5. The lowest BCUT2D eigenvalue weighted by Crippen LogP contribution is -2.42. The van der Waals surface area contributed by atoms with Gasteiger partial charge in [-0.2, -0.15) is 5.10 Å². The van der Waals surface area contributed by atoms with Crippen LogP contribution in [0.2, 0.25) is 0 Å². The maximum atomic E-state index is 12.5. The molecule has 0 aliphatic rings. The Hall–Kier alpha value is -4.27. The van der Waals surface area contributed by atoms with Gasteiger partial charge < -0.3 is 4.42 Å². The predicted octanol–water partition coefficient (Wildman–Crippen LogP) is 1.98. The Morgan fingerprint density at radius 2 is 1.71 bits per heavy atom. The molecule has 156 valence electrons. The number of nitrogens with one attached hydrogen (secondary N) is 2. The molecule has 2 heterocycles. The Kier molecular flexibility index (Phi) is 5.57. The molecular weight excluding hydrogens is 398 g/mol. The average molecular weight is 417 g/mol. The molecule has 0 unspecified atom stereocenters. The highest BCUT2D eigenvalue weighted by Crippen LogP contribution is 2.20. The Labute approximate surface area is 176 Å². The summed E-state index contributed by atoms with van der Waals surface area (Å²) < 4.78 is 6.76. The Balaban J connectivity index is 1.36. The number of amides is 2. The number of carbonyl (C=O) groups is 2. The monoisotopic (exact) mass is 417 g/mol. The summed E-state index contributed by atoms with van der Waals surface area (Å²) in [6.07, 6.45) is 1.95. The van der Waals surface area contributed by atoms with E-state index < -0.39 is 11.8 Å². The molecule has 9 nitrogen and oxygen atoms in total. The lowest BCUT2D eigenvalue weighted by Gasteiger charge is -2.09. The van der Waals surface area contributed by atoms with Gasteiger partial charge in [0.05, 0.1) is 11.6 Å². The van der Waals surface area contributed by atoms with Crippen molar-refractivity contribution in [1.29, 1.82) is 0 Å². The molecule has 2 amide bonds. The summed E-state index contributed by atoms with van der Waals surface area (Å²) in [5.74, 6) is 0.00702. The number of carbonyl (C=O) groups excluding carboxylic acids is 2. The van der Waals surface area contributed by atoms with Gasteiger partial charge in [-0.1, -0.05) is 48.5 Å². The number of rotatable bonds is 5. The molecule has 0 saturated heterocycles. The van der Waals surface area contributed by atoms with E-state index >= 15 is 0 Å². The Morgan fingerprint density at radius 3 is 2.48 bits per heavy atom. The second kappa shape index (κ2) is 8.62. The largest absolute Gasteiger partial charge is 0.441 e. The van der Waals surface area contributed by atoms with Crippen LogP contribution in [0.1, 0.15) is 22.8 Å². The summed E-state index contributed by atoms with van der Waals surface area (Å²) in [6, 6.07) is 16.2. The van der Waals surface area contributed by atoms with Gasteiger partial charge in [0.2, 0.25) is 5.91 Å². The highest BCUT2D eigenvalue weighted by Gasteiger charge is 2.16. The fraction of sp³-hybridized carbons (Fsp3) is 0.136. The third-order valence-electron chi connectivity index (χ3n) is 4.66. The van der Waals surface area contributed by atoms with Crippen molar-refractivity contribution in [2.24, 2.45) is 7.05 Å². The van der Waals surface area contributed by atoms with Crippen LogP contribution < -0.4 is 16.4 Å². The van der Waals surface area contributed by atoms with Gasteiger partial charge in [-0.25, -0.2) is 9.67 Å². The summed E-state index contributed by atoms with van der Waals surface area (Å²) in [6.45, 7) is 0. The van der Waals surface area contributed by atoms with Crippen LogP contribution in [-0.4, -0.2) is 26.6 Å². The molecule has 4 aromatic rings. The van der Waals surface area contributed by atoms with Gasteiger partial charge in [0, 0.05) is 30.8 Å². The summed E-state index contributed by atoms with van der Waals surface area (Å²) in [5, 5.41) is 4.80. The normalized spacial score (nSPS) is 10.7. The minimum absolute atomic E-state index is 0.0400. The standard InChI is InChI=1S/C22H19N5O4/c1-27-22(30)16-10-6-5-9-15(16)20(26-27)21(29)25-24-18(28)11-12-19-23-13-17(31-19)14-7-3-2-4-8-14/h2-10,13H,11-12H2,1H3,(H,24,28)(H,25,29). The van der Waals surface area contributed by atoms with Gasteiger partial charge in [-0.05, 0) is 6.07 Å². The number of fused-ring (bicyclic) bond motifs is 1. The lowest BCUT2D eigenvalue weighted by atomic mass is 10.1. The second-order valence-corrected chi connectivity index (χ2v) is 6.81. The molecule has 2 aromatic heterocycles. The smallest absolute Gasteiger partial charge is 0.290 e. The van der Waals surface area contributed by atoms with E-state index in [1.165, 1.54) is 7.05 Å². The van der Waals surface area contributed by atoms with Crippen molar-refractivity contribution < 1.29 is 14.0 Å². The first-order valence-corrected chi connectivity index (χ1v) is 9.58. The first-order chi connectivity index (χ1) is 15.0. The molecule has 0 spiro atoms. The zero-order valence-electron chi connectivity index (χ0n) is 16.7. The molecule has 0 aliphatic heterocycles. The van der Waals surface area contributed by atoms with E-state index in [4.69, 9.17) is 4.42 Å². The third-order valence-corrected chi connectivity index (χ3v) is 4.66. The fourth-order valence-corrected chi connectivity index (χ4v) is 3.10. The maximum Gasteiger partial charge on any atom is 0.290 e. The van der Waals surface area contributed by atoms with E-state index in [1.54, 1.807) is 30.5 Å². The van der Waals surface area contributed by atoms with Crippen LogP contribution >= 0.6 is 0 Å². The lowest BCUT2D eigenvalue weighted by molar-refractivity contribution is -0.121. The van der Waals surface area contributed by atoms with Gasteiger partial charge >= 0.3 is 0 Å². The molecule has 0 bridgehead atoms. The molecule has 2 N–H and O–H groups in total. The van der Waals surface area contributed by atoms with Crippen LogP contribution in [0.4, 0.5) is 0 Å². The van der Waals surface area contributed by atoms with E-state index in [0.29, 0.717) is 22.4 Å².